The second-order valence-electron chi connectivity index (χ2n) is 4.73. The van der Waals surface area contributed by atoms with Gasteiger partial charge >= 0.3 is 12.2 Å². The zero-order chi connectivity index (χ0) is 16.2. The quantitative estimate of drug-likeness (QED) is 0.852. The summed E-state index contributed by atoms with van der Waals surface area (Å²) >= 11 is 0. The summed E-state index contributed by atoms with van der Waals surface area (Å²) in [5.41, 5.74) is 0.973. The Morgan fingerprint density at radius 1 is 1.50 bits per heavy atom. The summed E-state index contributed by atoms with van der Waals surface area (Å²) < 4.78 is 46.6. The van der Waals surface area contributed by atoms with E-state index in [1.165, 1.54) is 4.90 Å². The lowest BCUT2D eigenvalue weighted by Gasteiger charge is -2.21. The van der Waals surface area contributed by atoms with Crippen molar-refractivity contribution in [2.24, 2.45) is 0 Å². The third kappa shape index (κ3) is 4.45. The number of nitrogens with zero attached hydrogens (tertiary/aromatic N) is 3. The Morgan fingerprint density at radius 2 is 2.27 bits per heavy atom. The number of nitrogens with one attached hydrogen (secondary N) is 1. The van der Waals surface area contributed by atoms with Crippen LogP contribution in [0.3, 0.4) is 0 Å². The van der Waals surface area contributed by atoms with Crippen molar-refractivity contribution >= 4 is 6.03 Å². The highest BCUT2D eigenvalue weighted by atomic mass is 19.4. The number of urea groups is 1. The summed E-state index contributed by atoms with van der Waals surface area (Å²) in [6.07, 6.45) is -1.87. The van der Waals surface area contributed by atoms with E-state index in [1.807, 2.05) is 6.08 Å². The van der Waals surface area contributed by atoms with Crippen LogP contribution in [0.25, 0.3) is 0 Å². The Kier molecular flexibility index (Phi) is 5.01. The van der Waals surface area contributed by atoms with Crippen molar-refractivity contribution in [1.29, 1.82) is 0 Å². The molecule has 0 aliphatic carbocycles. The molecule has 2 rings (SSSR count). The number of alkyl halides is 3. The lowest BCUT2D eigenvalue weighted by atomic mass is 10.2. The zero-order valence-electron chi connectivity index (χ0n) is 11.8. The number of hydrogen-bond donors (Lipinski definition) is 1. The number of rotatable bonds is 4. The van der Waals surface area contributed by atoms with Crippen LogP contribution in [0.5, 0.6) is 0 Å². The maximum atomic E-state index is 12.3. The smallest absolute Gasteiger partial charge is 0.377 e. The predicted octanol–water partition coefficient (Wildman–Crippen LogP) is 1.58. The number of carbonyl (C=O) groups excluding carboxylic acids is 1. The minimum absolute atomic E-state index is 0.276. The molecule has 0 saturated heterocycles. The van der Waals surface area contributed by atoms with E-state index in [-0.39, 0.29) is 12.4 Å². The predicted molar refractivity (Wildman–Crippen MR) is 67.7 cm³/mol. The van der Waals surface area contributed by atoms with Crippen molar-refractivity contribution in [2.75, 3.05) is 26.8 Å². The molecule has 0 saturated carbocycles. The highest BCUT2D eigenvalue weighted by Crippen LogP contribution is 2.26. The molecule has 1 aromatic rings. The first kappa shape index (κ1) is 16.3. The number of hydrogen-bond acceptors (Lipinski definition) is 5. The number of halogens is 3. The Hall–Kier alpha value is -2.10. The topological polar surface area (TPSA) is 80.5 Å². The monoisotopic (exact) mass is 320 g/mol. The van der Waals surface area contributed by atoms with Crippen LogP contribution >= 0.6 is 0 Å². The van der Waals surface area contributed by atoms with Gasteiger partial charge in [0.05, 0.1) is 19.8 Å². The standard InChI is InChI=1S/C12H15F3N4O3/c1-19(6-8-3-2-4-21-7-8)11(20)16-5-9-17-10(18-22-9)12(13,14)15/h3H,2,4-7H2,1H3,(H,16,20). The van der Waals surface area contributed by atoms with Gasteiger partial charge in [0.1, 0.15) is 0 Å². The van der Waals surface area contributed by atoms with Crippen molar-refractivity contribution in [3.63, 3.8) is 0 Å². The van der Waals surface area contributed by atoms with Gasteiger partial charge in [0.15, 0.2) is 0 Å². The van der Waals surface area contributed by atoms with E-state index >= 15 is 0 Å². The fraction of sp³-hybridized carbons (Fsp3) is 0.583. The van der Waals surface area contributed by atoms with Gasteiger partial charge in [0.2, 0.25) is 5.89 Å². The first-order valence-electron chi connectivity index (χ1n) is 6.50. The molecule has 0 atom stereocenters. The zero-order valence-corrected chi connectivity index (χ0v) is 11.8. The van der Waals surface area contributed by atoms with Gasteiger partial charge < -0.3 is 19.5 Å². The fourth-order valence-electron chi connectivity index (χ4n) is 1.82. The van der Waals surface area contributed by atoms with Crippen LogP contribution in [0.2, 0.25) is 0 Å². The number of carbonyl (C=O) groups is 1. The molecule has 1 aliphatic heterocycles. The summed E-state index contributed by atoms with van der Waals surface area (Å²) in [5.74, 6) is -1.68. The molecule has 2 heterocycles. The Labute approximate surface area is 124 Å². The summed E-state index contributed by atoms with van der Waals surface area (Å²) in [5, 5.41) is 5.21. The molecule has 7 nitrogen and oxygen atoms in total. The molecule has 22 heavy (non-hydrogen) atoms. The van der Waals surface area contributed by atoms with Crippen molar-refractivity contribution in [3.05, 3.63) is 23.4 Å². The van der Waals surface area contributed by atoms with E-state index in [4.69, 9.17) is 4.74 Å². The van der Waals surface area contributed by atoms with E-state index in [0.717, 1.165) is 12.0 Å². The van der Waals surface area contributed by atoms with Gasteiger partial charge in [-0.3, -0.25) is 0 Å². The van der Waals surface area contributed by atoms with Crippen molar-refractivity contribution in [1.82, 2.24) is 20.4 Å². The van der Waals surface area contributed by atoms with Gasteiger partial charge in [-0.1, -0.05) is 11.2 Å². The van der Waals surface area contributed by atoms with Crippen molar-refractivity contribution in [3.8, 4) is 0 Å². The number of ether oxygens (including phenoxy) is 1. The fourth-order valence-corrected chi connectivity index (χ4v) is 1.82. The Bertz CT molecular complexity index is 556. The third-order valence-electron chi connectivity index (χ3n) is 2.88. The molecule has 0 spiro atoms. The highest BCUT2D eigenvalue weighted by molar-refractivity contribution is 5.74. The van der Waals surface area contributed by atoms with Crippen molar-refractivity contribution < 1.29 is 27.2 Å². The average molecular weight is 320 g/mol. The average Bonchev–Trinajstić information content (AvgIpc) is 2.94. The minimum atomic E-state index is -4.67. The highest BCUT2D eigenvalue weighted by Gasteiger charge is 2.37. The van der Waals surface area contributed by atoms with Crippen LogP contribution in [0.1, 0.15) is 18.1 Å². The number of aromatic nitrogens is 2. The van der Waals surface area contributed by atoms with Crippen molar-refractivity contribution in [2.45, 2.75) is 19.1 Å². The molecule has 2 amide bonds. The van der Waals surface area contributed by atoms with Gasteiger partial charge in [-0.15, -0.1) is 0 Å². The molecule has 0 fully saturated rings. The summed E-state index contributed by atoms with van der Waals surface area (Å²) in [6, 6.07) is -0.460. The van der Waals surface area contributed by atoms with E-state index in [0.29, 0.717) is 19.8 Å². The van der Waals surface area contributed by atoms with Gasteiger partial charge in [0, 0.05) is 13.6 Å². The SMILES string of the molecule is CN(CC1=CCCOC1)C(=O)NCc1nc(C(F)(F)F)no1. The van der Waals surface area contributed by atoms with Crippen LogP contribution in [0, 0.1) is 0 Å². The van der Waals surface area contributed by atoms with E-state index < -0.39 is 18.0 Å². The van der Waals surface area contributed by atoms with Gasteiger partial charge in [0.25, 0.3) is 5.82 Å². The molecule has 0 radical (unpaired) electrons. The van der Waals surface area contributed by atoms with Gasteiger partial charge in [-0.05, 0) is 12.0 Å². The Balaban J connectivity index is 1.81. The third-order valence-corrected chi connectivity index (χ3v) is 2.88. The molecule has 1 aromatic heterocycles. The normalized spacial score (nSPS) is 15.4. The molecule has 122 valence electrons. The molecular weight excluding hydrogens is 305 g/mol. The van der Waals surface area contributed by atoms with Crippen LogP contribution in [-0.2, 0) is 17.5 Å². The summed E-state index contributed by atoms with van der Waals surface area (Å²) in [7, 11) is 1.57. The van der Waals surface area contributed by atoms with E-state index in [9.17, 15) is 18.0 Å². The van der Waals surface area contributed by atoms with E-state index in [2.05, 4.69) is 20.0 Å². The summed E-state index contributed by atoms with van der Waals surface area (Å²) in [4.78, 5) is 16.4. The first-order chi connectivity index (χ1) is 10.4. The maximum Gasteiger partial charge on any atom is 0.455 e. The Morgan fingerprint density at radius 3 is 2.86 bits per heavy atom. The number of likely N-dealkylation sites (N-methyl/N-ethyl adjacent to an activating group) is 1. The molecule has 0 unspecified atom stereocenters. The summed E-state index contributed by atoms with van der Waals surface area (Å²) in [6.45, 7) is 1.24. The molecule has 0 bridgehead atoms. The van der Waals surface area contributed by atoms with Gasteiger partial charge in [-0.25, -0.2) is 4.79 Å². The van der Waals surface area contributed by atoms with Crippen LogP contribution in [-0.4, -0.2) is 47.9 Å². The van der Waals surface area contributed by atoms with Crippen LogP contribution < -0.4 is 5.32 Å². The second-order valence-corrected chi connectivity index (χ2v) is 4.73. The lowest BCUT2D eigenvalue weighted by Crippen LogP contribution is -2.38. The largest absolute Gasteiger partial charge is 0.455 e. The second kappa shape index (κ2) is 6.77. The van der Waals surface area contributed by atoms with Crippen LogP contribution in [0.15, 0.2) is 16.2 Å². The first-order valence-corrected chi connectivity index (χ1v) is 6.50. The number of amides is 2. The minimum Gasteiger partial charge on any atom is -0.377 e. The molecular formula is C12H15F3N4O3. The van der Waals surface area contributed by atoms with Crippen LogP contribution in [0.4, 0.5) is 18.0 Å². The molecule has 0 aromatic carbocycles. The van der Waals surface area contributed by atoms with E-state index in [1.54, 1.807) is 7.05 Å². The van der Waals surface area contributed by atoms with Gasteiger partial charge in [-0.2, -0.15) is 18.2 Å². The molecule has 10 heteroatoms. The lowest BCUT2D eigenvalue weighted by molar-refractivity contribution is -0.146. The maximum absolute atomic E-state index is 12.3. The molecule has 1 aliphatic rings. The molecule has 1 N–H and O–H groups in total.